The molecule has 3 aromatic rings. The molecule has 1 saturated carbocycles. The van der Waals surface area contributed by atoms with Crippen molar-refractivity contribution in [3.63, 3.8) is 0 Å². The number of aromatic nitrogens is 4. The van der Waals surface area contributed by atoms with E-state index < -0.39 is 0 Å². The van der Waals surface area contributed by atoms with Crippen molar-refractivity contribution >= 4 is 11.6 Å². The fourth-order valence-electron chi connectivity index (χ4n) is 2.73. The number of amides is 1. The van der Waals surface area contributed by atoms with Crippen LogP contribution in [-0.4, -0.2) is 32.7 Å². The monoisotopic (exact) mass is 367 g/mol. The number of benzene rings is 2. The van der Waals surface area contributed by atoms with Gasteiger partial charge in [-0.1, -0.05) is 18.2 Å². The molecule has 1 amide bonds. The van der Waals surface area contributed by atoms with Crippen molar-refractivity contribution in [3.8, 4) is 17.1 Å². The van der Waals surface area contributed by atoms with E-state index >= 15 is 0 Å². The molecule has 0 unspecified atom stereocenters. The summed E-state index contributed by atoms with van der Waals surface area (Å²) in [5.74, 6) is 0.535. The summed E-state index contributed by atoms with van der Waals surface area (Å²) in [7, 11) is 0. The van der Waals surface area contributed by atoms with Gasteiger partial charge < -0.3 is 10.1 Å². The van der Waals surface area contributed by atoms with Gasteiger partial charge in [0.05, 0.1) is 19.1 Å². The minimum Gasteiger partial charge on any atom is -0.493 e. The number of rotatable bonds is 7. The second-order valence-electron chi connectivity index (χ2n) is 6.36. The van der Waals surface area contributed by atoms with E-state index in [9.17, 15) is 9.18 Å². The zero-order valence-corrected chi connectivity index (χ0v) is 14.5. The Morgan fingerprint density at radius 3 is 2.89 bits per heavy atom. The Balaban J connectivity index is 1.35. The van der Waals surface area contributed by atoms with Gasteiger partial charge in [-0.3, -0.25) is 4.79 Å². The number of carbonyl (C=O) groups is 1. The molecule has 27 heavy (non-hydrogen) atoms. The van der Waals surface area contributed by atoms with Gasteiger partial charge in [0, 0.05) is 17.3 Å². The van der Waals surface area contributed by atoms with Crippen LogP contribution in [0, 0.1) is 5.82 Å². The van der Waals surface area contributed by atoms with Crippen molar-refractivity contribution in [2.75, 3.05) is 11.9 Å². The number of nitrogens with zero attached hydrogens (tertiary/aromatic N) is 4. The third-order valence-electron chi connectivity index (χ3n) is 4.18. The molecule has 1 aliphatic carbocycles. The second kappa shape index (κ2) is 7.53. The summed E-state index contributed by atoms with van der Waals surface area (Å²) in [5, 5.41) is 14.7. The van der Waals surface area contributed by atoms with E-state index in [-0.39, 0.29) is 24.8 Å². The van der Waals surface area contributed by atoms with Crippen LogP contribution in [-0.2, 0) is 4.79 Å². The lowest BCUT2D eigenvalue weighted by molar-refractivity contribution is -0.116. The highest BCUT2D eigenvalue weighted by Crippen LogP contribution is 2.36. The Morgan fingerprint density at radius 2 is 2.07 bits per heavy atom. The van der Waals surface area contributed by atoms with E-state index in [4.69, 9.17) is 4.74 Å². The first-order valence-electron chi connectivity index (χ1n) is 8.75. The summed E-state index contributed by atoms with van der Waals surface area (Å²) >= 11 is 0. The lowest BCUT2D eigenvalue weighted by Gasteiger charge is -2.09. The number of hydrogen-bond donors (Lipinski definition) is 1. The van der Waals surface area contributed by atoms with Crippen LogP contribution in [0.15, 0.2) is 48.5 Å². The molecule has 1 aliphatic rings. The van der Waals surface area contributed by atoms with Gasteiger partial charge >= 0.3 is 0 Å². The minimum absolute atomic E-state index is 0.153. The largest absolute Gasteiger partial charge is 0.493 e. The maximum absolute atomic E-state index is 13.1. The van der Waals surface area contributed by atoms with Gasteiger partial charge in [-0.25, -0.2) is 9.07 Å². The number of tetrazole rings is 1. The number of ether oxygens (including phenoxy) is 1. The Bertz CT molecular complexity index is 955. The number of nitrogens with one attached hydrogen (secondary N) is 1. The molecule has 138 valence electrons. The van der Waals surface area contributed by atoms with E-state index in [1.165, 1.54) is 12.1 Å². The Morgan fingerprint density at radius 1 is 1.22 bits per heavy atom. The summed E-state index contributed by atoms with van der Waals surface area (Å²) in [6.07, 6.45) is 2.32. The Hall–Kier alpha value is -3.29. The van der Waals surface area contributed by atoms with Crippen LogP contribution in [0.1, 0.15) is 25.3 Å². The lowest BCUT2D eigenvalue weighted by atomic mass is 10.2. The predicted octanol–water partition coefficient (Wildman–Crippen LogP) is 3.22. The number of anilines is 1. The molecule has 1 aromatic heterocycles. The molecule has 7 nitrogen and oxygen atoms in total. The fraction of sp³-hybridized carbons (Fsp3) is 0.263. The summed E-state index contributed by atoms with van der Waals surface area (Å²) in [5.41, 5.74) is 1.51. The number of carbonyl (C=O) groups excluding carboxylic acids is 1. The van der Waals surface area contributed by atoms with Crippen molar-refractivity contribution in [2.45, 2.75) is 25.3 Å². The van der Waals surface area contributed by atoms with Crippen LogP contribution < -0.4 is 10.1 Å². The topological polar surface area (TPSA) is 81.9 Å². The molecule has 0 radical (unpaired) electrons. The third-order valence-corrected chi connectivity index (χ3v) is 4.18. The van der Waals surface area contributed by atoms with Gasteiger partial charge in [-0.05, 0) is 47.5 Å². The average molecular weight is 367 g/mol. The highest BCUT2D eigenvalue weighted by molar-refractivity contribution is 5.91. The van der Waals surface area contributed by atoms with Crippen molar-refractivity contribution < 1.29 is 13.9 Å². The SMILES string of the molecule is O=C(CCOc1cccc(F)c1)Nc1cccc(-c2nnnn2C2CC2)c1. The van der Waals surface area contributed by atoms with Crippen molar-refractivity contribution in [3.05, 3.63) is 54.3 Å². The Kier molecular flexibility index (Phi) is 4.78. The Labute approximate surface area is 155 Å². The van der Waals surface area contributed by atoms with Crippen LogP contribution in [0.4, 0.5) is 10.1 Å². The highest BCUT2D eigenvalue weighted by Gasteiger charge is 2.28. The quantitative estimate of drug-likeness (QED) is 0.693. The summed E-state index contributed by atoms with van der Waals surface area (Å²) in [6, 6.07) is 13.6. The van der Waals surface area contributed by atoms with E-state index in [2.05, 4.69) is 20.8 Å². The molecular formula is C19H18FN5O2. The molecule has 4 rings (SSSR count). The molecular weight excluding hydrogens is 349 g/mol. The van der Waals surface area contributed by atoms with Gasteiger partial charge in [0.1, 0.15) is 11.6 Å². The molecule has 2 aromatic carbocycles. The van der Waals surface area contributed by atoms with E-state index in [1.807, 2.05) is 22.9 Å². The molecule has 1 heterocycles. The van der Waals surface area contributed by atoms with E-state index in [1.54, 1.807) is 18.2 Å². The van der Waals surface area contributed by atoms with Crippen molar-refractivity contribution in [1.82, 2.24) is 20.2 Å². The van der Waals surface area contributed by atoms with E-state index in [0.29, 0.717) is 23.3 Å². The molecule has 0 bridgehead atoms. The molecule has 1 N–H and O–H groups in total. The minimum atomic E-state index is -0.373. The van der Waals surface area contributed by atoms with E-state index in [0.717, 1.165) is 18.4 Å². The van der Waals surface area contributed by atoms with Crippen LogP contribution in [0.3, 0.4) is 0 Å². The number of hydrogen-bond acceptors (Lipinski definition) is 5. The van der Waals surface area contributed by atoms with Gasteiger partial charge in [-0.15, -0.1) is 5.10 Å². The second-order valence-corrected chi connectivity index (χ2v) is 6.36. The molecule has 1 fully saturated rings. The standard InChI is InChI=1S/C19H18FN5O2/c20-14-4-2-6-17(12-14)27-10-9-18(26)21-15-5-1-3-13(11-15)19-22-23-24-25(19)16-7-8-16/h1-6,11-12,16H,7-10H2,(H,21,26). The molecule has 0 aliphatic heterocycles. The lowest BCUT2D eigenvalue weighted by Crippen LogP contribution is -2.15. The van der Waals surface area contributed by atoms with Crippen LogP contribution >= 0.6 is 0 Å². The summed E-state index contributed by atoms with van der Waals surface area (Å²) < 4.78 is 20.3. The first-order valence-corrected chi connectivity index (χ1v) is 8.75. The van der Waals surface area contributed by atoms with Gasteiger partial charge in [-0.2, -0.15) is 0 Å². The molecule has 8 heteroatoms. The maximum Gasteiger partial charge on any atom is 0.227 e. The normalized spacial score (nSPS) is 13.4. The third kappa shape index (κ3) is 4.28. The van der Waals surface area contributed by atoms with Crippen LogP contribution in [0.2, 0.25) is 0 Å². The van der Waals surface area contributed by atoms with Gasteiger partial charge in [0.2, 0.25) is 5.91 Å². The van der Waals surface area contributed by atoms with Gasteiger partial charge in [0.15, 0.2) is 5.82 Å². The summed E-state index contributed by atoms with van der Waals surface area (Å²) in [4.78, 5) is 12.1. The first kappa shape index (κ1) is 17.1. The van der Waals surface area contributed by atoms with Crippen molar-refractivity contribution in [2.24, 2.45) is 0 Å². The number of halogens is 1. The zero-order chi connectivity index (χ0) is 18.6. The average Bonchev–Trinajstić information content (AvgIpc) is 3.38. The van der Waals surface area contributed by atoms with Crippen LogP contribution in [0.25, 0.3) is 11.4 Å². The maximum atomic E-state index is 13.1. The smallest absolute Gasteiger partial charge is 0.227 e. The molecule has 0 saturated heterocycles. The fourth-order valence-corrected chi connectivity index (χ4v) is 2.73. The zero-order valence-electron chi connectivity index (χ0n) is 14.5. The highest BCUT2D eigenvalue weighted by atomic mass is 19.1. The molecule has 0 spiro atoms. The summed E-state index contributed by atoms with van der Waals surface area (Å²) in [6.45, 7) is 0.162. The van der Waals surface area contributed by atoms with Crippen LogP contribution in [0.5, 0.6) is 5.75 Å². The van der Waals surface area contributed by atoms with Gasteiger partial charge in [0.25, 0.3) is 0 Å². The first-order chi connectivity index (χ1) is 13.2. The molecule has 0 atom stereocenters. The predicted molar refractivity (Wildman–Crippen MR) is 96.7 cm³/mol. The van der Waals surface area contributed by atoms with Crippen molar-refractivity contribution in [1.29, 1.82) is 0 Å².